The van der Waals surface area contributed by atoms with Gasteiger partial charge in [-0.05, 0) is 28.7 Å². The zero-order chi connectivity index (χ0) is 12.5. The molecule has 88 valence electrons. The molecule has 3 aromatic rings. The van der Waals surface area contributed by atoms with Gasteiger partial charge in [-0.25, -0.2) is 0 Å². The van der Waals surface area contributed by atoms with E-state index in [1.54, 1.807) is 18.4 Å². The van der Waals surface area contributed by atoms with Crippen LogP contribution in [-0.2, 0) is 0 Å². The van der Waals surface area contributed by atoms with Crippen LogP contribution in [-0.4, -0.2) is 17.2 Å². The lowest BCUT2D eigenvalue weighted by Crippen LogP contribution is -2.31. The summed E-state index contributed by atoms with van der Waals surface area (Å²) in [5.74, 6) is 0. The summed E-state index contributed by atoms with van der Waals surface area (Å²) in [6.07, 6.45) is 1.63. The Hall–Kier alpha value is -2.04. The predicted octanol–water partition coefficient (Wildman–Crippen LogP) is 1.78. The van der Waals surface area contributed by atoms with Crippen LogP contribution in [0.1, 0.15) is 0 Å². The molecule has 0 aliphatic carbocycles. The van der Waals surface area contributed by atoms with Crippen LogP contribution in [0.3, 0.4) is 0 Å². The molecular weight excluding hydrogens is 227 g/mol. The Morgan fingerprint density at radius 1 is 0.833 bits per heavy atom. The van der Waals surface area contributed by atoms with Gasteiger partial charge in [0.2, 0.25) is 0 Å². The average Bonchev–Trinajstić information content (AvgIpc) is 2.86. The van der Waals surface area contributed by atoms with E-state index in [0.717, 1.165) is 22.1 Å². The summed E-state index contributed by atoms with van der Waals surface area (Å²) in [5.41, 5.74) is 3.02. The normalized spacial score (nSPS) is 10.8. The first-order chi connectivity index (χ1) is 8.77. The molecule has 2 N–H and O–H groups in total. The zero-order valence-electron chi connectivity index (χ0n) is 9.58. The Balaban J connectivity index is 2.29. The van der Waals surface area contributed by atoms with Crippen LogP contribution in [0.2, 0.25) is 0 Å². The van der Waals surface area contributed by atoms with E-state index in [9.17, 15) is 10.0 Å². The zero-order valence-corrected chi connectivity index (χ0v) is 9.58. The maximum atomic E-state index is 9.42. The van der Waals surface area contributed by atoms with E-state index in [-0.39, 0.29) is 0 Å². The minimum absolute atomic E-state index is 0.492. The fraction of sp³-hybridized carbons (Fsp3) is 0. The average molecular weight is 238 g/mol. The topological polar surface area (TPSA) is 53.6 Å². The molecule has 18 heavy (non-hydrogen) atoms. The van der Waals surface area contributed by atoms with Crippen molar-refractivity contribution in [2.45, 2.75) is 0 Å². The highest BCUT2D eigenvalue weighted by Crippen LogP contribution is 2.28. The van der Waals surface area contributed by atoms with Crippen LogP contribution in [0.4, 0.5) is 0 Å². The molecule has 0 amide bonds. The summed E-state index contributed by atoms with van der Waals surface area (Å²) >= 11 is 0. The largest absolute Gasteiger partial charge is 0.489 e. The quantitative estimate of drug-likeness (QED) is 0.669. The minimum atomic E-state index is -1.48. The Bertz CT molecular complexity index is 688. The summed E-state index contributed by atoms with van der Waals surface area (Å²) in [4.78, 5) is 0. The van der Waals surface area contributed by atoms with Crippen molar-refractivity contribution >= 4 is 23.6 Å². The van der Waals surface area contributed by atoms with Crippen LogP contribution >= 0.6 is 0 Å². The number of furan rings is 1. The third kappa shape index (κ3) is 1.72. The number of rotatable bonds is 2. The standard InChI is InChI=1S/C14H11BO3/c16-15(17)13-6-2-1-4-11(13)10-5-3-7-14-12(10)8-9-18-14/h1-9,16-17H. The summed E-state index contributed by atoms with van der Waals surface area (Å²) in [5, 5.41) is 19.8. The van der Waals surface area contributed by atoms with Crippen molar-refractivity contribution in [3.05, 3.63) is 54.8 Å². The van der Waals surface area contributed by atoms with Gasteiger partial charge in [-0.1, -0.05) is 36.4 Å². The van der Waals surface area contributed by atoms with Crippen LogP contribution in [0.5, 0.6) is 0 Å². The number of hydrogen-bond acceptors (Lipinski definition) is 3. The molecular formula is C14H11BO3. The first-order valence-electron chi connectivity index (χ1n) is 5.69. The van der Waals surface area contributed by atoms with Crippen LogP contribution in [0.25, 0.3) is 22.1 Å². The predicted molar refractivity (Wildman–Crippen MR) is 71.5 cm³/mol. The molecule has 0 aliphatic heterocycles. The van der Waals surface area contributed by atoms with Crippen molar-refractivity contribution in [3.63, 3.8) is 0 Å². The smallest absolute Gasteiger partial charge is 0.464 e. The van der Waals surface area contributed by atoms with Crippen molar-refractivity contribution in [3.8, 4) is 11.1 Å². The van der Waals surface area contributed by atoms with Crippen LogP contribution in [0.15, 0.2) is 59.2 Å². The molecule has 2 aromatic carbocycles. The summed E-state index contributed by atoms with van der Waals surface area (Å²) in [6.45, 7) is 0. The second kappa shape index (κ2) is 4.33. The lowest BCUT2D eigenvalue weighted by Gasteiger charge is -2.09. The first-order valence-corrected chi connectivity index (χ1v) is 5.69. The molecule has 0 saturated heterocycles. The lowest BCUT2D eigenvalue weighted by molar-refractivity contribution is 0.426. The fourth-order valence-corrected chi connectivity index (χ4v) is 2.20. The number of fused-ring (bicyclic) bond motifs is 1. The molecule has 4 heteroatoms. The molecule has 0 unspecified atom stereocenters. The first kappa shape index (κ1) is 11.1. The van der Waals surface area contributed by atoms with E-state index < -0.39 is 7.12 Å². The molecule has 1 heterocycles. The molecule has 0 atom stereocenters. The maximum absolute atomic E-state index is 9.42. The summed E-state index contributed by atoms with van der Waals surface area (Å²) < 4.78 is 5.36. The van der Waals surface area contributed by atoms with Gasteiger partial charge in [-0.3, -0.25) is 0 Å². The highest BCUT2D eigenvalue weighted by molar-refractivity contribution is 6.60. The second-order valence-corrected chi connectivity index (χ2v) is 4.10. The Kier molecular flexibility index (Phi) is 2.66. The molecule has 0 spiro atoms. The third-order valence-corrected chi connectivity index (χ3v) is 3.02. The second-order valence-electron chi connectivity index (χ2n) is 4.10. The van der Waals surface area contributed by atoms with Crippen molar-refractivity contribution in [1.29, 1.82) is 0 Å². The molecule has 3 nitrogen and oxygen atoms in total. The van der Waals surface area contributed by atoms with Gasteiger partial charge in [0.25, 0.3) is 0 Å². The highest BCUT2D eigenvalue weighted by atomic mass is 16.4. The van der Waals surface area contributed by atoms with Gasteiger partial charge in [0.05, 0.1) is 6.26 Å². The van der Waals surface area contributed by atoms with E-state index in [4.69, 9.17) is 4.42 Å². The molecule has 0 radical (unpaired) electrons. The lowest BCUT2D eigenvalue weighted by atomic mass is 9.75. The molecule has 0 fully saturated rings. The fourth-order valence-electron chi connectivity index (χ4n) is 2.20. The minimum Gasteiger partial charge on any atom is -0.464 e. The van der Waals surface area contributed by atoms with Crippen molar-refractivity contribution < 1.29 is 14.5 Å². The summed E-state index contributed by atoms with van der Waals surface area (Å²) in [6, 6.07) is 14.8. The van der Waals surface area contributed by atoms with Gasteiger partial charge in [-0.2, -0.15) is 0 Å². The highest BCUT2D eigenvalue weighted by Gasteiger charge is 2.17. The van der Waals surface area contributed by atoms with E-state index in [0.29, 0.717) is 5.46 Å². The van der Waals surface area contributed by atoms with E-state index >= 15 is 0 Å². The molecule has 1 aromatic heterocycles. The molecule has 0 saturated carbocycles. The Labute approximate surface area is 104 Å². The maximum Gasteiger partial charge on any atom is 0.489 e. The van der Waals surface area contributed by atoms with Gasteiger partial charge in [0.1, 0.15) is 5.58 Å². The van der Waals surface area contributed by atoms with Crippen LogP contribution < -0.4 is 5.46 Å². The van der Waals surface area contributed by atoms with Gasteiger partial charge < -0.3 is 14.5 Å². The molecule has 0 bridgehead atoms. The van der Waals surface area contributed by atoms with E-state index in [1.165, 1.54) is 0 Å². The van der Waals surface area contributed by atoms with Gasteiger partial charge in [0.15, 0.2) is 0 Å². The van der Waals surface area contributed by atoms with Crippen molar-refractivity contribution in [2.24, 2.45) is 0 Å². The summed E-state index contributed by atoms with van der Waals surface area (Å²) in [7, 11) is -1.48. The molecule has 0 aliphatic rings. The van der Waals surface area contributed by atoms with Gasteiger partial charge in [-0.15, -0.1) is 0 Å². The number of hydrogen-bond donors (Lipinski definition) is 2. The van der Waals surface area contributed by atoms with Crippen molar-refractivity contribution in [1.82, 2.24) is 0 Å². The monoisotopic (exact) mass is 238 g/mol. The Morgan fingerprint density at radius 3 is 2.44 bits per heavy atom. The van der Waals surface area contributed by atoms with Gasteiger partial charge >= 0.3 is 7.12 Å². The van der Waals surface area contributed by atoms with E-state index in [2.05, 4.69) is 0 Å². The van der Waals surface area contributed by atoms with Crippen molar-refractivity contribution in [2.75, 3.05) is 0 Å². The van der Waals surface area contributed by atoms with Gasteiger partial charge in [0, 0.05) is 5.39 Å². The van der Waals surface area contributed by atoms with E-state index in [1.807, 2.05) is 36.4 Å². The SMILES string of the molecule is OB(O)c1ccccc1-c1cccc2occc12. The van der Waals surface area contributed by atoms with Crippen LogP contribution in [0, 0.1) is 0 Å². The third-order valence-electron chi connectivity index (χ3n) is 3.02. The number of benzene rings is 2. The Morgan fingerprint density at radius 2 is 1.61 bits per heavy atom. The molecule has 3 rings (SSSR count).